The highest BCUT2D eigenvalue weighted by Gasteiger charge is 2.14. The van der Waals surface area contributed by atoms with Crippen LogP contribution in [0.2, 0.25) is 5.02 Å². The number of aliphatic hydroxyl groups is 1. The molecule has 0 heterocycles. The van der Waals surface area contributed by atoms with Crippen molar-refractivity contribution in [3.63, 3.8) is 0 Å². The minimum absolute atomic E-state index is 0.119. The van der Waals surface area contributed by atoms with Gasteiger partial charge >= 0.3 is 0 Å². The number of phenolic OH excluding ortho intramolecular Hbond substituents is 1. The van der Waals surface area contributed by atoms with Crippen LogP contribution in [-0.2, 0) is 0 Å². The molecule has 0 aliphatic heterocycles. The zero-order valence-electron chi connectivity index (χ0n) is 10.5. The molecule has 0 bridgehead atoms. The molecule has 104 valence electrons. The van der Waals surface area contributed by atoms with Crippen LogP contribution < -0.4 is 4.74 Å². The van der Waals surface area contributed by atoms with Gasteiger partial charge in [-0.1, -0.05) is 11.6 Å². The van der Waals surface area contributed by atoms with E-state index in [0.29, 0.717) is 16.3 Å². The molecule has 0 radical (unpaired) electrons. The van der Waals surface area contributed by atoms with Crippen LogP contribution in [0.5, 0.6) is 11.5 Å². The first-order chi connectivity index (χ1) is 9.61. The number of aliphatic hydroxyl groups excluding tert-OH is 1. The van der Waals surface area contributed by atoms with E-state index in [-0.39, 0.29) is 30.3 Å². The third-order valence-corrected chi connectivity index (χ3v) is 2.93. The standard InChI is InChI=1S/C15H13ClO4/c16-11-3-1-10(2-4-11)15(19)13-6-5-12(9-14(13)18)20-8-7-17/h1-6,9,17-18H,7-8H2. The molecule has 0 aromatic heterocycles. The number of ketones is 1. The average molecular weight is 293 g/mol. The third-order valence-electron chi connectivity index (χ3n) is 2.68. The van der Waals surface area contributed by atoms with Crippen LogP contribution in [0.15, 0.2) is 42.5 Å². The van der Waals surface area contributed by atoms with Gasteiger partial charge in [0.15, 0.2) is 5.78 Å². The third kappa shape index (κ3) is 3.29. The summed E-state index contributed by atoms with van der Waals surface area (Å²) in [4.78, 5) is 12.2. The SMILES string of the molecule is O=C(c1ccc(Cl)cc1)c1ccc(OCCO)cc1O. The van der Waals surface area contributed by atoms with Gasteiger partial charge in [0.2, 0.25) is 0 Å². The summed E-state index contributed by atoms with van der Waals surface area (Å²) in [7, 11) is 0. The fourth-order valence-electron chi connectivity index (χ4n) is 1.71. The summed E-state index contributed by atoms with van der Waals surface area (Å²) in [5.41, 5.74) is 0.623. The van der Waals surface area contributed by atoms with Crippen molar-refractivity contribution in [2.24, 2.45) is 0 Å². The number of rotatable bonds is 5. The van der Waals surface area contributed by atoms with E-state index in [1.807, 2.05) is 0 Å². The van der Waals surface area contributed by atoms with Gasteiger partial charge in [0, 0.05) is 16.7 Å². The van der Waals surface area contributed by atoms with Crippen molar-refractivity contribution in [1.29, 1.82) is 0 Å². The predicted molar refractivity (Wildman–Crippen MR) is 75.6 cm³/mol. The van der Waals surface area contributed by atoms with Crippen LogP contribution in [0.4, 0.5) is 0 Å². The summed E-state index contributed by atoms with van der Waals surface area (Å²) in [5.74, 6) is -0.0718. The summed E-state index contributed by atoms with van der Waals surface area (Å²) in [5, 5.41) is 19.1. The number of ether oxygens (including phenoxy) is 1. The molecule has 2 rings (SSSR count). The molecule has 0 saturated carbocycles. The smallest absolute Gasteiger partial charge is 0.196 e. The van der Waals surface area contributed by atoms with E-state index < -0.39 is 0 Å². The first kappa shape index (κ1) is 14.4. The van der Waals surface area contributed by atoms with Crippen molar-refractivity contribution in [3.8, 4) is 11.5 Å². The van der Waals surface area contributed by atoms with Crippen LogP contribution in [0.3, 0.4) is 0 Å². The first-order valence-electron chi connectivity index (χ1n) is 5.99. The van der Waals surface area contributed by atoms with E-state index in [0.717, 1.165) is 0 Å². The Labute approximate surface area is 121 Å². The molecule has 5 heteroatoms. The molecule has 2 aromatic carbocycles. The quantitative estimate of drug-likeness (QED) is 0.832. The van der Waals surface area contributed by atoms with E-state index in [4.69, 9.17) is 21.4 Å². The molecule has 0 unspecified atom stereocenters. The maximum absolute atomic E-state index is 12.2. The van der Waals surface area contributed by atoms with Gasteiger partial charge in [-0.3, -0.25) is 4.79 Å². The second kappa shape index (κ2) is 6.41. The highest BCUT2D eigenvalue weighted by molar-refractivity contribution is 6.30. The number of carbonyl (C=O) groups is 1. The Hall–Kier alpha value is -2.04. The minimum atomic E-state index is -0.298. The summed E-state index contributed by atoms with van der Waals surface area (Å²) >= 11 is 5.77. The van der Waals surface area contributed by atoms with Crippen molar-refractivity contribution in [2.75, 3.05) is 13.2 Å². The monoisotopic (exact) mass is 292 g/mol. The molecule has 0 spiro atoms. The van der Waals surface area contributed by atoms with E-state index in [1.54, 1.807) is 30.3 Å². The van der Waals surface area contributed by atoms with Gasteiger partial charge in [0.25, 0.3) is 0 Å². The Morgan fingerprint density at radius 2 is 1.85 bits per heavy atom. The maximum Gasteiger partial charge on any atom is 0.196 e. The Morgan fingerprint density at radius 1 is 1.15 bits per heavy atom. The minimum Gasteiger partial charge on any atom is -0.507 e. The molecule has 0 fully saturated rings. The van der Waals surface area contributed by atoms with Crippen molar-refractivity contribution < 1.29 is 19.7 Å². The van der Waals surface area contributed by atoms with Gasteiger partial charge in [0.05, 0.1) is 12.2 Å². The summed E-state index contributed by atoms with van der Waals surface area (Å²) in [6.07, 6.45) is 0. The highest BCUT2D eigenvalue weighted by Crippen LogP contribution is 2.26. The highest BCUT2D eigenvalue weighted by atomic mass is 35.5. The number of carbonyl (C=O) groups excluding carboxylic acids is 1. The zero-order chi connectivity index (χ0) is 14.5. The molecule has 2 N–H and O–H groups in total. The number of aromatic hydroxyl groups is 1. The second-order valence-corrected chi connectivity index (χ2v) is 4.52. The normalized spacial score (nSPS) is 10.3. The lowest BCUT2D eigenvalue weighted by Gasteiger charge is -2.08. The van der Waals surface area contributed by atoms with Crippen LogP contribution in [-0.4, -0.2) is 29.2 Å². The van der Waals surface area contributed by atoms with Gasteiger partial charge in [-0.2, -0.15) is 0 Å². The number of hydrogen-bond acceptors (Lipinski definition) is 4. The van der Waals surface area contributed by atoms with Crippen molar-refractivity contribution in [3.05, 3.63) is 58.6 Å². The second-order valence-electron chi connectivity index (χ2n) is 4.09. The van der Waals surface area contributed by atoms with Gasteiger partial charge in [-0.05, 0) is 36.4 Å². The molecular formula is C15H13ClO4. The van der Waals surface area contributed by atoms with Crippen molar-refractivity contribution >= 4 is 17.4 Å². The fraction of sp³-hybridized carbons (Fsp3) is 0.133. The van der Waals surface area contributed by atoms with Crippen LogP contribution in [0.25, 0.3) is 0 Å². The average Bonchev–Trinajstić information content (AvgIpc) is 2.45. The van der Waals surface area contributed by atoms with Crippen LogP contribution in [0, 0.1) is 0 Å². The molecule has 2 aromatic rings. The van der Waals surface area contributed by atoms with Crippen LogP contribution >= 0.6 is 11.6 Å². The van der Waals surface area contributed by atoms with Gasteiger partial charge in [-0.15, -0.1) is 0 Å². The Morgan fingerprint density at radius 3 is 2.45 bits per heavy atom. The Balaban J connectivity index is 2.24. The van der Waals surface area contributed by atoms with Crippen molar-refractivity contribution in [2.45, 2.75) is 0 Å². The number of phenols is 1. The lowest BCUT2D eigenvalue weighted by atomic mass is 10.0. The zero-order valence-corrected chi connectivity index (χ0v) is 11.3. The molecule has 0 amide bonds. The predicted octanol–water partition coefficient (Wildman–Crippen LogP) is 2.65. The summed E-state index contributed by atoms with van der Waals surface area (Å²) < 4.78 is 5.15. The molecule has 0 atom stereocenters. The van der Waals surface area contributed by atoms with Crippen molar-refractivity contribution in [1.82, 2.24) is 0 Å². The van der Waals surface area contributed by atoms with Gasteiger partial charge in [0.1, 0.15) is 18.1 Å². The summed E-state index contributed by atoms with van der Waals surface area (Å²) in [6.45, 7) is 0.0101. The van der Waals surface area contributed by atoms with E-state index in [9.17, 15) is 9.90 Å². The number of benzene rings is 2. The molecule has 20 heavy (non-hydrogen) atoms. The Kier molecular flexibility index (Phi) is 4.61. The van der Waals surface area contributed by atoms with Gasteiger partial charge < -0.3 is 14.9 Å². The molecule has 4 nitrogen and oxygen atoms in total. The molecule has 0 aliphatic carbocycles. The molecule has 0 saturated heterocycles. The first-order valence-corrected chi connectivity index (χ1v) is 6.36. The largest absolute Gasteiger partial charge is 0.507 e. The topological polar surface area (TPSA) is 66.8 Å². The lowest BCUT2D eigenvalue weighted by Crippen LogP contribution is -2.04. The number of hydrogen-bond donors (Lipinski definition) is 2. The van der Waals surface area contributed by atoms with Crippen LogP contribution in [0.1, 0.15) is 15.9 Å². The molecular weight excluding hydrogens is 280 g/mol. The fourth-order valence-corrected chi connectivity index (χ4v) is 1.84. The van der Waals surface area contributed by atoms with E-state index >= 15 is 0 Å². The number of halogens is 1. The van der Waals surface area contributed by atoms with Gasteiger partial charge in [-0.25, -0.2) is 0 Å². The lowest BCUT2D eigenvalue weighted by molar-refractivity contribution is 0.103. The van der Waals surface area contributed by atoms with E-state index in [2.05, 4.69) is 0 Å². The summed E-state index contributed by atoms with van der Waals surface area (Å²) in [6, 6.07) is 10.8. The maximum atomic E-state index is 12.2. The Bertz CT molecular complexity index is 608. The van der Waals surface area contributed by atoms with E-state index in [1.165, 1.54) is 12.1 Å². The molecule has 0 aliphatic rings.